The minimum absolute atomic E-state index is 0.0585. The quantitative estimate of drug-likeness (QED) is 0.873. The molecule has 1 aromatic rings. The second kappa shape index (κ2) is 7.14. The molecule has 0 bridgehead atoms. The van der Waals surface area contributed by atoms with Gasteiger partial charge in [-0.05, 0) is 37.6 Å². The number of anilines is 1. The lowest BCUT2D eigenvalue weighted by atomic mass is 9.96. The third-order valence-corrected chi connectivity index (χ3v) is 4.22. The van der Waals surface area contributed by atoms with Gasteiger partial charge in [-0.25, -0.2) is 0 Å². The molecule has 1 atom stereocenters. The van der Waals surface area contributed by atoms with Crippen molar-refractivity contribution in [2.75, 3.05) is 44.7 Å². The molecule has 0 saturated carbocycles. The Morgan fingerprint density at radius 2 is 1.76 bits per heavy atom. The Bertz CT molecular complexity index is 422. The van der Waals surface area contributed by atoms with Crippen LogP contribution in [0.4, 0.5) is 5.69 Å². The molecule has 0 aliphatic carbocycles. The topological polar surface area (TPSA) is 41.7 Å². The predicted octanol–water partition coefficient (Wildman–Crippen LogP) is 2.33. The monoisotopic (exact) mass is 291 g/mol. The molecule has 4 heteroatoms. The van der Waals surface area contributed by atoms with Crippen LogP contribution < -0.4 is 15.4 Å². The molecule has 0 radical (unpaired) electrons. The maximum atomic E-state index is 6.37. The van der Waals surface area contributed by atoms with Crippen LogP contribution in [0.2, 0.25) is 0 Å². The molecule has 2 N–H and O–H groups in total. The number of ether oxygens (including phenoxy) is 1. The van der Waals surface area contributed by atoms with Crippen LogP contribution in [0, 0.1) is 0 Å². The molecule has 1 heterocycles. The highest BCUT2D eigenvalue weighted by atomic mass is 16.5. The van der Waals surface area contributed by atoms with E-state index < -0.39 is 0 Å². The Hall–Kier alpha value is -1.26. The van der Waals surface area contributed by atoms with Crippen LogP contribution in [0.3, 0.4) is 0 Å². The van der Waals surface area contributed by atoms with E-state index >= 15 is 0 Å². The van der Waals surface area contributed by atoms with Gasteiger partial charge in [-0.1, -0.05) is 13.3 Å². The van der Waals surface area contributed by atoms with Gasteiger partial charge in [0, 0.05) is 44.0 Å². The number of piperazine rings is 1. The van der Waals surface area contributed by atoms with Crippen LogP contribution in [0.5, 0.6) is 5.75 Å². The largest absolute Gasteiger partial charge is 0.497 e. The minimum atomic E-state index is -0.0585. The molecule has 1 unspecified atom stereocenters. The Labute approximate surface area is 128 Å². The van der Waals surface area contributed by atoms with Gasteiger partial charge in [0.25, 0.3) is 0 Å². The van der Waals surface area contributed by atoms with Gasteiger partial charge in [-0.3, -0.25) is 4.90 Å². The van der Waals surface area contributed by atoms with Gasteiger partial charge in [0.05, 0.1) is 7.11 Å². The summed E-state index contributed by atoms with van der Waals surface area (Å²) in [6, 6.07) is 8.33. The van der Waals surface area contributed by atoms with E-state index in [0.717, 1.165) is 51.3 Å². The number of nitrogens with zero attached hydrogens (tertiary/aromatic N) is 2. The third kappa shape index (κ3) is 4.61. The van der Waals surface area contributed by atoms with Gasteiger partial charge in [0.1, 0.15) is 5.75 Å². The average Bonchev–Trinajstić information content (AvgIpc) is 2.48. The standard InChI is InChI=1S/C17H29N3O/c1-4-9-17(2,18)14-19-10-12-20(13-11-19)15-5-7-16(21-3)8-6-15/h5-8H,4,9-14,18H2,1-3H3. The van der Waals surface area contributed by atoms with Crippen molar-refractivity contribution in [1.29, 1.82) is 0 Å². The zero-order chi connectivity index (χ0) is 15.3. The maximum Gasteiger partial charge on any atom is 0.119 e. The molecule has 4 nitrogen and oxygen atoms in total. The second-order valence-electron chi connectivity index (χ2n) is 6.37. The predicted molar refractivity (Wildman–Crippen MR) is 89.1 cm³/mol. The summed E-state index contributed by atoms with van der Waals surface area (Å²) in [5.41, 5.74) is 7.59. The highest BCUT2D eigenvalue weighted by Crippen LogP contribution is 2.21. The number of benzene rings is 1. The van der Waals surface area contributed by atoms with E-state index in [4.69, 9.17) is 10.5 Å². The second-order valence-corrected chi connectivity index (χ2v) is 6.37. The van der Waals surface area contributed by atoms with Gasteiger partial charge in [0.2, 0.25) is 0 Å². The van der Waals surface area contributed by atoms with Crippen LogP contribution in [0.25, 0.3) is 0 Å². The Morgan fingerprint density at radius 3 is 2.29 bits per heavy atom. The number of methoxy groups -OCH3 is 1. The third-order valence-electron chi connectivity index (χ3n) is 4.22. The van der Waals surface area contributed by atoms with E-state index in [2.05, 4.69) is 35.8 Å². The molecular weight excluding hydrogens is 262 g/mol. The molecule has 1 aliphatic rings. The van der Waals surface area contributed by atoms with Crippen molar-refractivity contribution in [1.82, 2.24) is 4.90 Å². The van der Waals surface area contributed by atoms with Gasteiger partial charge < -0.3 is 15.4 Å². The summed E-state index contributed by atoms with van der Waals surface area (Å²) in [6.45, 7) is 9.67. The Balaban J connectivity index is 1.85. The first-order chi connectivity index (χ1) is 10.0. The van der Waals surface area contributed by atoms with E-state index in [1.54, 1.807) is 7.11 Å². The van der Waals surface area contributed by atoms with Crippen LogP contribution in [-0.2, 0) is 0 Å². The van der Waals surface area contributed by atoms with E-state index in [9.17, 15) is 0 Å². The summed E-state index contributed by atoms with van der Waals surface area (Å²) < 4.78 is 5.21. The lowest BCUT2D eigenvalue weighted by molar-refractivity contribution is 0.199. The SMILES string of the molecule is CCCC(C)(N)CN1CCN(c2ccc(OC)cc2)CC1. The highest BCUT2D eigenvalue weighted by Gasteiger charge is 2.24. The van der Waals surface area contributed by atoms with Crippen LogP contribution >= 0.6 is 0 Å². The van der Waals surface area contributed by atoms with Crippen molar-refractivity contribution in [3.63, 3.8) is 0 Å². The summed E-state index contributed by atoms with van der Waals surface area (Å²) in [4.78, 5) is 4.93. The number of rotatable bonds is 6. The molecule has 21 heavy (non-hydrogen) atoms. The Morgan fingerprint density at radius 1 is 1.14 bits per heavy atom. The van der Waals surface area contributed by atoms with Gasteiger partial charge in [-0.15, -0.1) is 0 Å². The van der Waals surface area contributed by atoms with Crippen LogP contribution in [0.1, 0.15) is 26.7 Å². The minimum Gasteiger partial charge on any atom is -0.497 e. The molecule has 1 saturated heterocycles. The fraction of sp³-hybridized carbons (Fsp3) is 0.647. The molecule has 1 aromatic carbocycles. The molecule has 118 valence electrons. The summed E-state index contributed by atoms with van der Waals surface area (Å²) in [7, 11) is 1.70. The summed E-state index contributed by atoms with van der Waals surface area (Å²) in [5.74, 6) is 0.913. The molecule has 0 spiro atoms. The molecule has 1 fully saturated rings. The molecule has 2 rings (SSSR count). The molecule has 0 aromatic heterocycles. The van der Waals surface area contributed by atoms with Gasteiger partial charge >= 0.3 is 0 Å². The smallest absolute Gasteiger partial charge is 0.119 e. The highest BCUT2D eigenvalue weighted by molar-refractivity contribution is 5.49. The molecule has 0 amide bonds. The molecule has 1 aliphatic heterocycles. The van der Waals surface area contributed by atoms with E-state index in [0.29, 0.717) is 0 Å². The lowest BCUT2D eigenvalue weighted by Crippen LogP contribution is -2.54. The van der Waals surface area contributed by atoms with Crippen molar-refractivity contribution in [3.05, 3.63) is 24.3 Å². The van der Waals surface area contributed by atoms with Gasteiger partial charge in [0.15, 0.2) is 0 Å². The maximum absolute atomic E-state index is 6.37. The normalized spacial score (nSPS) is 19.3. The van der Waals surface area contributed by atoms with Crippen LogP contribution in [-0.4, -0.2) is 50.3 Å². The fourth-order valence-corrected chi connectivity index (χ4v) is 3.12. The van der Waals surface area contributed by atoms with E-state index in [1.165, 1.54) is 5.69 Å². The van der Waals surface area contributed by atoms with Crippen molar-refractivity contribution in [3.8, 4) is 5.75 Å². The lowest BCUT2D eigenvalue weighted by Gasteiger charge is -2.39. The van der Waals surface area contributed by atoms with Crippen molar-refractivity contribution in [2.45, 2.75) is 32.2 Å². The average molecular weight is 291 g/mol. The van der Waals surface area contributed by atoms with Crippen LogP contribution in [0.15, 0.2) is 24.3 Å². The first kappa shape index (κ1) is 16.1. The first-order valence-electron chi connectivity index (χ1n) is 7.94. The van der Waals surface area contributed by atoms with Crippen molar-refractivity contribution in [2.24, 2.45) is 5.73 Å². The van der Waals surface area contributed by atoms with Gasteiger partial charge in [-0.2, -0.15) is 0 Å². The van der Waals surface area contributed by atoms with Crippen molar-refractivity contribution >= 4 is 5.69 Å². The number of hydrogen-bond donors (Lipinski definition) is 1. The zero-order valence-electron chi connectivity index (χ0n) is 13.6. The summed E-state index contributed by atoms with van der Waals surface area (Å²) in [5, 5.41) is 0. The summed E-state index contributed by atoms with van der Waals surface area (Å²) >= 11 is 0. The van der Waals surface area contributed by atoms with Crippen molar-refractivity contribution < 1.29 is 4.74 Å². The van der Waals surface area contributed by atoms with E-state index in [1.807, 2.05) is 12.1 Å². The van der Waals surface area contributed by atoms with E-state index in [-0.39, 0.29) is 5.54 Å². The number of nitrogens with two attached hydrogens (primary N) is 1. The zero-order valence-corrected chi connectivity index (χ0v) is 13.6. The first-order valence-corrected chi connectivity index (χ1v) is 7.94. The molecular formula is C17H29N3O. The summed E-state index contributed by atoms with van der Waals surface area (Å²) in [6.07, 6.45) is 2.24. The fourth-order valence-electron chi connectivity index (χ4n) is 3.12. The Kier molecular flexibility index (Phi) is 5.48. The number of hydrogen-bond acceptors (Lipinski definition) is 4.